The number of carbonyl (C=O) groups is 1. The fraction of sp³-hybridized carbons (Fsp3) is 0.316. The number of aromatic hydroxyl groups is 1. The number of rotatable bonds is 6. The van der Waals surface area contributed by atoms with Crippen molar-refractivity contribution in [2.24, 2.45) is 0 Å². The minimum Gasteiger partial charge on any atom is -0.508 e. The summed E-state index contributed by atoms with van der Waals surface area (Å²) < 4.78 is 24.7. The average Bonchev–Trinajstić information content (AvgIpc) is 3.36. The highest BCUT2D eigenvalue weighted by molar-refractivity contribution is 5.90. The molecule has 3 rings (SSSR count). The van der Waals surface area contributed by atoms with E-state index in [1.165, 1.54) is 6.07 Å². The smallest absolute Gasteiger partial charge is 0.338 e. The van der Waals surface area contributed by atoms with Gasteiger partial charge in [-0.05, 0) is 49.6 Å². The molecular weight excluding hydrogens is 311 g/mol. The van der Waals surface area contributed by atoms with Gasteiger partial charge < -0.3 is 14.6 Å². The lowest BCUT2D eigenvalue weighted by Crippen LogP contribution is -2.06. The monoisotopic (exact) mass is 330 g/mol. The van der Waals surface area contributed by atoms with Crippen LogP contribution in [-0.4, -0.2) is 23.8 Å². The average molecular weight is 330 g/mol. The van der Waals surface area contributed by atoms with Crippen molar-refractivity contribution in [1.82, 2.24) is 0 Å². The molecule has 0 spiro atoms. The van der Waals surface area contributed by atoms with E-state index in [4.69, 9.17) is 9.47 Å². The van der Waals surface area contributed by atoms with Gasteiger partial charge >= 0.3 is 5.97 Å². The van der Waals surface area contributed by atoms with E-state index in [0.29, 0.717) is 6.10 Å². The van der Waals surface area contributed by atoms with Gasteiger partial charge in [0.2, 0.25) is 0 Å². The molecule has 0 aliphatic heterocycles. The summed E-state index contributed by atoms with van der Waals surface area (Å²) in [5.74, 6) is -0.740. The van der Waals surface area contributed by atoms with E-state index in [1.807, 2.05) is 24.3 Å². The first-order valence-corrected chi connectivity index (χ1v) is 8.01. The first-order valence-electron chi connectivity index (χ1n) is 8.01. The van der Waals surface area contributed by atoms with Crippen molar-refractivity contribution >= 4 is 5.97 Å². The van der Waals surface area contributed by atoms with Crippen molar-refractivity contribution in [2.75, 3.05) is 6.61 Å². The second-order valence-electron chi connectivity index (χ2n) is 5.81. The summed E-state index contributed by atoms with van der Waals surface area (Å²) in [4.78, 5) is 11.6. The lowest BCUT2D eigenvalue weighted by Gasteiger charge is -2.10. The molecule has 1 aliphatic carbocycles. The molecule has 0 atom stereocenters. The quantitative estimate of drug-likeness (QED) is 0.818. The lowest BCUT2D eigenvalue weighted by atomic mass is 10.0. The number of benzene rings is 2. The largest absolute Gasteiger partial charge is 0.508 e. The number of esters is 1. The predicted octanol–water partition coefficient (Wildman–Crippen LogP) is 3.84. The summed E-state index contributed by atoms with van der Waals surface area (Å²) in [5.41, 5.74) is 0.999. The van der Waals surface area contributed by atoms with Gasteiger partial charge in [0.15, 0.2) is 0 Å². The molecular formula is C19H19FO4. The summed E-state index contributed by atoms with van der Waals surface area (Å²) in [5, 5.41) is 10.1. The van der Waals surface area contributed by atoms with E-state index in [0.717, 1.165) is 30.2 Å². The summed E-state index contributed by atoms with van der Waals surface area (Å²) in [7, 11) is 0. The molecule has 5 heteroatoms. The zero-order valence-electron chi connectivity index (χ0n) is 13.4. The van der Waals surface area contributed by atoms with Crippen molar-refractivity contribution in [3.8, 4) is 11.5 Å². The van der Waals surface area contributed by atoms with E-state index in [-0.39, 0.29) is 29.9 Å². The van der Waals surface area contributed by atoms with Crippen LogP contribution in [0.5, 0.6) is 11.5 Å². The van der Waals surface area contributed by atoms with Crippen LogP contribution in [0.4, 0.5) is 4.39 Å². The summed E-state index contributed by atoms with van der Waals surface area (Å²) in [6.07, 6.45) is 2.74. The molecule has 24 heavy (non-hydrogen) atoms. The van der Waals surface area contributed by atoms with Gasteiger partial charge in [-0.3, -0.25) is 0 Å². The van der Waals surface area contributed by atoms with Gasteiger partial charge in [0.25, 0.3) is 0 Å². The summed E-state index contributed by atoms with van der Waals surface area (Å²) in [6.45, 7) is 1.86. The van der Waals surface area contributed by atoms with Gasteiger partial charge in [-0.25, -0.2) is 9.18 Å². The Morgan fingerprint density at radius 3 is 2.54 bits per heavy atom. The molecule has 0 radical (unpaired) electrons. The molecule has 1 aliphatic rings. The Bertz CT molecular complexity index is 713. The molecule has 126 valence electrons. The second-order valence-corrected chi connectivity index (χ2v) is 5.81. The number of hydrogen-bond acceptors (Lipinski definition) is 4. The minimum atomic E-state index is -0.653. The molecule has 1 saturated carbocycles. The van der Waals surface area contributed by atoms with Gasteiger partial charge in [-0.1, -0.05) is 12.1 Å². The molecule has 0 aromatic heterocycles. The number of ether oxygens (including phenoxy) is 2. The molecule has 1 N–H and O–H groups in total. The molecule has 0 heterocycles. The fourth-order valence-electron chi connectivity index (χ4n) is 2.40. The topological polar surface area (TPSA) is 55.8 Å². The van der Waals surface area contributed by atoms with Crippen LogP contribution in [-0.2, 0) is 11.2 Å². The molecule has 4 nitrogen and oxygen atoms in total. The normalized spacial score (nSPS) is 13.6. The first-order chi connectivity index (χ1) is 11.6. The Balaban J connectivity index is 1.75. The summed E-state index contributed by atoms with van der Waals surface area (Å²) >= 11 is 0. The van der Waals surface area contributed by atoms with Crippen LogP contribution in [0.15, 0.2) is 36.4 Å². The van der Waals surface area contributed by atoms with Crippen LogP contribution in [0.2, 0.25) is 0 Å². The van der Waals surface area contributed by atoms with Crippen LogP contribution in [0, 0.1) is 5.82 Å². The van der Waals surface area contributed by atoms with Crippen LogP contribution in [0.25, 0.3) is 0 Å². The fourth-order valence-corrected chi connectivity index (χ4v) is 2.40. The predicted molar refractivity (Wildman–Crippen MR) is 86.9 cm³/mol. The van der Waals surface area contributed by atoms with Gasteiger partial charge in [0.05, 0.1) is 18.3 Å². The van der Waals surface area contributed by atoms with Crippen LogP contribution in [0.3, 0.4) is 0 Å². The molecule has 0 unspecified atom stereocenters. The van der Waals surface area contributed by atoms with E-state index in [1.54, 1.807) is 6.92 Å². The van der Waals surface area contributed by atoms with E-state index in [2.05, 4.69) is 0 Å². The van der Waals surface area contributed by atoms with Gasteiger partial charge in [0.1, 0.15) is 17.3 Å². The van der Waals surface area contributed by atoms with Crippen molar-refractivity contribution in [3.05, 3.63) is 58.9 Å². The highest BCUT2D eigenvalue weighted by atomic mass is 19.1. The Kier molecular flexibility index (Phi) is 4.69. The molecule has 1 fully saturated rings. The van der Waals surface area contributed by atoms with Crippen molar-refractivity contribution in [1.29, 1.82) is 0 Å². The van der Waals surface area contributed by atoms with Crippen LogP contribution < -0.4 is 4.74 Å². The van der Waals surface area contributed by atoms with Crippen LogP contribution >= 0.6 is 0 Å². The molecule has 0 saturated heterocycles. The van der Waals surface area contributed by atoms with Crippen molar-refractivity contribution < 1.29 is 23.8 Å². The minimum absolute atomic E-state index is 0.00350. The second kappa shape index (κ2) is 6.91. The van der Waals surface area contributed by atoms with Gasteiger partial charge in [-0.15, -0.1) is 0 Å². The zero-order chi connectivity index (χ0) is 17.1. The Morgan fingerprint density at radius 2 is 1.96 bits per heavy atom. The van der Waals surface area contributed by atoms with Gasteiger partial charge in [-0.2, -0.15) is 0 Å². The number of halogens is 1. The first kappa shape index (κ1) is 16.3. The third-order valence-corrected chi connectivity index (χ3v) is 3.81. The lowest BCUT2D eigenvalue weighted by molar-refractivity contribution is 0.0525. The number of carbonyl (C=O) groups excluding carboxylic acids is 1. The Labute approximate surface area is 139 Å². The van der Waals surface area contributed by atoms with E-state index < -0.39 is 11.8 Å². The molecule has 2 aromatic rings. The van der Waals surface area contributed by atoms with E-state index in [9.17, 15) is 14.3 Å². The molecule has 0 bridgehead atoms. The molecule has 0 amide bonds. The maximum Gasteiger partial charge on any atom is 0.338 e. The zero-order valence-corrected chi connectivity index (χ0v) is 13.4. The Hall–Kier alpha value is -2.56. The highest BCUT2D eigenvalue weighted by Crippen LogP contribution is 2.29. The standard InChI is InChI=1S/C19H19FO4/c1-2-23-19(22)13-10-17(20)16(18(21)11-13)9-12-3-5-14(6-4-12)24-15-7-8-15/h3-6,10-11,15,21H,2,7-9H2,1H3. The molecule has 2 aromatic carbocycles. The third-order valence-electron chi connectivity index (χ3n) is 3.81. The third kappa shape index (κ3) is 3.85. The SMILES string of the molecule is CCOC(=O)c1cc(O)c(Cc2ccc(OC3CC3)cc2)c(F)c1. The number of phenols is 1. The maximum atomic E-state index is 14.3. The maximum absolute atomic E-state index is 14.3. The van der Waals surface area contributed by atoms with Crippen LogP contribution in [0.1, 0.15) is 41.3 Å². The Morgan fingerprint density at radius 1 is 1.25 bits per heavy atom. The number of hydrogen-bond donors (Lipinski definition) is 1. The summed E-state index contributed by atoms with van der Waals surface area (Å²) in [6, 6.07) is 9.70. The van der Waals surface area contributed by atoms with Crippen molar-refractivity contribution in [3.63, 3.8) is 0 Å². The number of phenolic OH excluding ortho intramolecular Hbond substituents is 1. The van der Waals surface area contributed by atoms with E-state index >= 15 is 0 Å². The van der Waals surface area contributed by atoms with Crippen molar-refractivity contribution in [2.45, 2.75) is 32.3 Å². The van der Waals surface area contributed by atoms with Gasteiger partial charge in [0, 0.05) is 12.0 Å². The highest BCUT2D eigenvalue weighted by Gasteiger charge is 2.23.